The highest BCUT2D eigenvalue weighted by atomic mass is 32.2. The zero-order valence-corrected chi connectivity index (χ0v) is 17.9. The third kappa shape index (κ3) is 4.49. The van der Waals surface area contributed by atoms with Crippen molar-refractivity contribution in [1.82, 2.24) is 0 Å². The van der Waals surface area contributed by atoms with E-state index < -0.39 is 10.0 Å². The predicted molar refractivity (Wildman–Crippen MR) is 121 cm³/mol. The van der Waals surface area contributed by atoms with Gasteiger partial charge in [-0.15, -0.1) is 0 Å². The fourth-order valence-corrected chi connectivity index (χ4v) is 5.12. The third-order valence-electron chi connectivity index (χ3n) is 5.09. The van der Waals surface area contributed by atoms with E-state index in [4.69, 9.17) is 4.74 Å². The Kier molecular flexibility index (Phi) is 5.81. The Labute approximate surface area is 181 Å². The van der Waals surface area contributed by atoms with Crippen LogP contribution in [0.2, 0.25) is 0 Å². The van der Waals surface area contributed by atoms with Gasteiger partial charge in [0.15, 0.2) is 0 Å². The van der Waals surface area contributed by atoms with Crippen LogP contribution in [0.4, 0.5) is 21.9 Å². The zero-order chi connectivity index (χ0) is 21.8. The fraction of sp³-hybridized carbons (Fsp3) is 0.174. The lowest BCUT2D eigenvalue weighted by Gasteiger charge is -2.31. The number of anilines is 3. The number of hydrogen-bond acceptors (Lipinski definition) is 4. The van der Waals surface area contributed by atoms with Gasteiger partial charge in [0.1, 0.15) is 5.75 Å². The molecule has 0 saturated heterocycles. The smallest absolute Gasteiger partial charge is 0.323 e. The molecule has 0 spiro atoms. The molecular weight excluding hydrogens is 414 g/mol. The fourth-order valence-electron chi connectivity index (χ4n) is 3.58. The molecule has 8 heteroatoms. The van der Waals surface area contributed by atoms with Crippen molar-refractivity contribution in [3.05, 3.63) is 78.4 Å². The van der Waals surface area contributed by atoms with Gasteiger partial charge >= 0.3 is 6.03 Å². The molecule has 160 valence electrons. The first-order valence-electron chi connectivity index (χ1n) is 9.90. The monoisotopic (exact) mass is 437 g/mol. The van der Waals surface area contributed by atoms with Crippen molar-refractivity contribution in [2.24, 2.45) is 0 Å². The van der Waals surface area contributed by atoms with Crippen LogP contribution in [0.15, 0.2) is 77.7 Å². The number of nitrogens with one attached hydrogen (secondary N) is 2. The molecule has 3 aromatic rings. The van der Waals surface area contributed by atoms with Gasteiger partial charge in [-0.1, -0.05) is 18.2 Å². The van der Waals surface area contributed by atoms with E-state index in [1.165, 1.54) is 11.4 Å². The van der Waals surface area contributed by atoms with Gasteiger partial charge < -0.3 is 15.4 Å². The van der Waals surface area contributed by atoms with Crippen LogP contribution in [0, 0.1) is 0 Å². The van der Waals surface area contributed by atoms with Crippen molar-refractivity contribution >= 4 is 33.1 Å². The number of carbonyl (C=O) groups excluding carboxylic acids is 1. The second-order valence-electron chi connectivity index (χ2n) is 7.14. The number of sulfonamides is 1. The van der Waals surface area contributed by atoms with Gasteiger partial charge in [0.05, 0.1) is 17.7 Å². The molecule has 31 heavy (non-hydrogen) atoms. The van der Waals surface area contributed by atoms with Gasteiger partial charge in [-0.05, 0) is 73.0 Å². The van der Waals surface area contributed by atoms with Gasteiger partial charge in [-0.2, -0.15) is 0 Å². The first-order valence-corrected chi connectivity index (χ1v) is 11.3. The lowest BCUT2D eigenvalue weighted by atomic mass is 10.0. The van der Waals surface area contributed by atoms with E-state index in [0.717, 1.165) is 12.0 Å². The van der Waals surface area contributed by atoms with Crippen LogP contribution in [-0.2, 0) is 16.4 Å². The largest absolute Gasteiger partial charge is 0.497 e. The number of ether oxygens (including phenoxy) is 1. The standard InChI is InChI=1S/C23H23N3O4S/c1-30-20-10-12-21(13-11-20)31(28,29)26-15-5-6-17-16-19(9-14-22(17)26)25-23(27)24-18-7-3-2-4-8-18/h2-4,7-14,16H,5-6,15H2,1H3,(H2,24,25,27). The number of carbonyl (C=O) groups is 1. The number of benzene rings is 3. The first kappa shape index (κ1) is 20.7. The highest BCUT2D eigenvalue weighted by molar-refractivity contribution is 7.92. The molecule has 1 aliphatic rings. The number of urea groups is 1. The van der Waals surface area contributed by atoms with E-state index in [-0.39, 0.29) is 10.9 Å². The summed E-state index contributed by atoms with van der Waals surface area (Å²) in [5.41, 5.74) is 2.81. The molecule has 0 bridgehead atoms. The number of nitrogens with zero attached hydrogens (tertiary/aromatic N) is 1. The number of aryl methyl sites for hydroxylation is 1. The van der Waals surface area contributed by atoms with Crippen LogP contribution in [0.25, 0.3) is 0 Å². The molecule has 3 aromatic carbocycles. The van der Waals surface area contributed by atoms with Gasteiger partial charge in [0.25, 0.3) is 10.0 Å². The Morgan fingerprint density at radius 3 is 2.35 bits per heavy atom. The van der Waals surface area contributed by atoms with Crippen molar-refractivity contribution < 1.29 is 17.9 Å². The Bertz CT molecular complexity index is 1180. The molecule has 0 saturated carbocycles. The molecule has 0 fully saturated rings. The minimum absolute atomic E-state index is 0.214. The molecular formula is C23H23N3O4S. The van der Waals surface area contributed by atoms with E-state index in [2.05, 4.69) is 10.6 Å². The van der Waals surface area contributed by atoms with Crippen LogP contribution in [0.3, 0.4) is 0 Å². The molecule has 7 nitrogen and oxygen atoms in total. The Morgan fingerprint density at radius 1 is 0.935 bits per heavy atom. The quantitative estimate of drug-likeness (QED) is 0.616. The van der Waals surface area contributed by atoms with Crippen molar-refractivity contribution in [2.75, 3.05) is 28.6 Å². The second-order valence-corrected chi connectivity index (χ2v) is 9.01. The van der Waals surface area contributed by atoms with Crippen LogP contribution < -0.4 is 19.7 Å². The molecule has 0 atom stereocenters. The Morgan fingerprint density at radius 2 is 1.65 bits per heavy atom. The summed E-state index contributed by atoms with van der Waals surface area (Å²) in [6.07, 6.45) is 1.43. The van der Waals surface area contributed by atoms with Crippen LogP contribution in [-0.4, -0.2) is 28.1 Å². The molecule has 0 aromatic heterocycles. The summed E-state index contributed by atoms with van der Waals surface area (Å²) in [4.78, 5) is 12.5. The van der Waals surface area contributed by atoms with Crippen LogP contribution >= 0.6 is 0 Å². The van der Waals surface area contributed by atoms with E-state index in [1.54, 1.807) is 48.5 Å². The molecule has 1 aliphatic heterocycles. The van der Waals surface area contributed by atoms with E-state index >= 15 is 0 Å². The number of para-hydroxylation sites is 1. The number of rotatable bonds is 5. The highest BCUT2D eigenvalue weighted by Crippen LogP contribution is 2.34. The maximum atomic E-state index is 13.2. The minimum atomic E-state index is -3.70. The summed E-state index contributed by atoms with van der Waals surface area (Å²) in [7, 11) is -2.16. The summed E-state index contributed by atoms with van der Waals surface area (Å²) >= 11 is 0. The number of methoxy groups -OCH3 is 1. The van der Waals surface area contributed by atoms with Gasteiger partial charge in [0.2, 0.25) is 0 Å². The van der Waals surface area contributed by atoms with Crippen molar-refractivity contribution in [1.29, 1.82) is 0 Å². The Balaban J connectivity index is 1.54. The zero-order valence-electron chi connectivity index (χ0n) is 17.0. The Hall–Kier alpha value is -3.52. The van der Waals surface area contributed by atoms with Gasteiger partial charge in [0, 0.05) is 17.9 Å². The summed E-state index contributed by atoms with van der Waals surface area (Å²) in [5.74, 6) is 0.600. The van der Waals surface area contributed by atoms with E-state index in [1.807, 2.05) is 24.3 Å². The SMILES string of the molecule is COc1ccc(S(=O)(=O)N2CCCc3cc(NC(=O)Nc4ccccc4)ccc32)cc1. The number of fused-ring (bicyclic) bond motifs is 1. The minimum Gasteiger partial charge on any atom is -0.497 e. The topological polar surface area (TPSA) is 87.7 Å². The number of hydrogen-bond donors (Lipinski definition) is 2. The molecule has 0 radical (unpaired) electrons. The van der Waals surface area contributed by atoms with Gasteiger partial charge in [-0.3, -0.25) is 4.31 Å². The van der Waals surface area contributed by atoms with Crippen molar-refractivity contribution in [3.63, 3.8) is 0 Å². The van der Waals surface area contributed by atoms with Gasteiger partial charge in [-0.25, -0.2) is 13.2 Å². The van der Waals surface area contributed by atoms with Crippen molar-refractivity contribution in [2.45, 2.75) is 17.7 Å². The maximum Gasteiger partial charge on any atom is 0.323 e. The average Bonchev–Trinajstić information content (AvgIpc) is 2.79. The van der Waals surface area contributed by atoms with Crippen LogP contribution in [0.1, 0.15) is 12.0 Å². The molecule has 4 rings (SSSR count). The van der Waals surface area contributed by atoms with Crippen molar-refractivity contribution in [3.8, 4) is 5.75 Å². The van der Waals surface area contributed by atoms with E-state index in [0.29, 0.717) is 35.8 Å². The summed E-state index contributed by atoms with van der Waals surface area (Å²) in [5, 5.41) is 5.57. The molecule has 0 unspecified atom stereocenters. The highest BCUT2D eigenvalue weighted by Gasteiger charge is 2.29. The maximum absolute atomic E-state index is 13.2. The summed E-state index contributed by atoms with van der Waals surface area (Å²) in [6.45, 7) is 0.405. The summed E-state index contributed by atoms with van der Waals surface area (Å²) in [6, 6.07) is 20.4. The number of amides is 2. The normalized spacial score (nSPS) is 13.3. The third-order valence-corrected chi connectivity index (χ3v) is 6.92. The second kappa shape index (κ2) is 8.69. The molecule has 2 amide bonds. The average molecular weight is 438 g/mol. The van der Waals surface area contributed by atoms with Crippen LogP contribution in [0.5, 0.6) is 5.75 Å². The van der Waals surface area contributed by atoms with E-state index in [9.17, 15) is 13.2 Å². The molecule has 2 N–H and O–H groups in total. The molecule has 1 heterocycles. The molecule has 0 aliphatic carbocycles. The summed E-state index contributed by atoms with van der Waals surface area (Å²) < 4.78 is 33.0. The lowest BCUT2D eigenvalue weighted by molar-refractivity contribution is 0.262. The lowest BCUT2D eigenvalue weighted by Crippen LogP contribution is -2.35. The predicted octanol–water partition coefficient (Wildman–Crippen LogP) is 4.48. The first-order chi connectivity index (χ1) is 15.0.